The summed E-state index contributed by atoms with van der Waals surface area (Å²) in [5.41, 5.74) is 1.35. The van der Waals surface area contributed by atoms with Gasteiger partial charge in [-0.15, -0.1) is 0 Å². The van der Waals surface area contributed by atoms with Gasteiger partial charge in [-0.05, 0) is 18.6 Å². The molecule has 0 radical (unpaired) electrons. The molecular weight excluding hydrogens is 285 g/mol. The van der Waals surface area contributed by atoms with E-state index in [9.17, 15) is 22.8 Å². The highest BCUT2D eigenvalue weighted by Gasteiger charge is 2.43. The van der Waals surface area contributed by atoms with Gasteiger partial charge in [-0.3, -0.25) is 9.59 Å². The highest BCUT2D eigenvalue weighted by molar-refractivity contribution is 5.95. The van der Waals surface area contributed by atoms with Gasteiger partial charge < -0.3 is 9.80 Å². The number of hydrogen-bond acceptors (Lipinski definition) is 2. The molecule has 0 saturated carbocycles. The van der Waals surface area contributed by atoms with Crippen molar-refractivity contribution in [3.05, 3.63) is 35.4 Å². The Kier molecular flexibility index (Phi) is 4.20. The van der Waals surface area contributed by atoms with Crippen LogP contribution in [0.25, 0.3) is 0 Å². The van der Waals surface area contributed by atoms with E-state index in [-0.39, 0.29) is 32.1 Å². The van der Waals surface area contributed by atoms with E-state index in [0.717, 1.165) is 10.5 Å². The van der Waals surface area contributed by atoms with E-state index in [1.807, 2.05) is 6.07 Å². The standard InChI is InChI=1S/C14H15F3N2O2/c1-10-4-2-3-5-11(10)12(20)18-6-8-19(9-7-18)13(21)14(15,16)17/h2-5H,6-9H2,1H3. The fourth-order valence-corrected chi connectivity index (χ4v) is 2.28. The summed E-state index contributed by atoms with van der Waals surface area (Å²) in [7, 11) is 0. The fraction of sp³-hybridized carbons (Fsp3) is 0.429. The molecule has 0 unspecified atom stereocenters. The molecule has 2 amide bonds. The van der Waals surface area contributed by atoms with E-state index < -0.39 is 12.1 Å². The molecule has 1 saturated heterocycles. The van der Waals surface area contributed by atoms with Crippen molar-refractivity contribution in [2.24, 2.45) is 0 Å². The zero-order valence-corrected chi connectivity index (χ0v) is 11.5. The van der Waals surface area contributed by atoms with Crippen molar-refractivity contribution in [3.63, 3.8) is 0 Å². The molecule has 0 spiro atoms. The lowest BCUT2D eigenvalue weighted by atomic mass is 10.1. The number of alkyl halides is 3. The maximum atomic E-state index is 12.3. The molecule has 21 heavy (non-hydrogen) atoms. The van der Waals surface area contributed by atoms with Gasteiger partial charge in [0.15, 0.2) is 0 Å². The van der Waals surface area contributed by atoms with Crippen molar-refractivity contribution in [1.29, 1.82) is 0 Å². The monoisotopic (exact) mass is 300 g/mol. The smallest absolute Gasteiger partial charge is 0.335 e. The summed E-state index contributed by atoms with van der Waals surface area (Å²) >= 11 is 0. The molecule has 0 N–H and O–H groups in total. The van der Waals surface area contributed by atoms with E-state index in [1.165, 1.54) is 4.90 Å². The van der Waals surface area contributed by atoms with Gasteiger partial charge >= 0.3 is 12.1 Å². The maximum absolute atomic E-state index is 12.3. The maximum Gasteiger partial charge on any atom is 0.471 e. The second-order valence-corrected chi connectivity index (χ2v) is 4.90. The average Bonchev–Trinajstić information content (AvgIpc) is 2.45. The van der Waals surface area contributed by atoms with Crippen LogP contribution in [0.1, 0.15) is 15.9 Å². The number of nitrogens with zero attached hydrogens (tertiary/aromatic N) is 2. The Morgan fingerprint density at radius 1 is 1.00 bits per heavy atom. The summed E-state index contributed by atoms with van der Waals surface area (Å²) in [5, 5.41) is 0. The zero-order chi connectivity index (χ0) is 15.6. The van der Waals surface area contributed by atoms with Gasteiger partial charge in [-0.25, -0.2) is 0 Å². The van der Waals surface area contributed by atoms with Crippen LogP contribution in [0.4, 0.5) is 13.2 Å². The van der Waals surface area contributed by atoms with Gasteiger partial charge in [-0.1, -0.05) is 18.2 Å². The Hall–Kier alpha value is -2.05. The quantitative estimate of drug-likeness (QED) is 0.794. The van der Waals surface area contributed by atoms with E-state index in [4.69, 9.17) is 0 Å². The predicted octanol–water partition coefficient (Wildman–Crippen LogP) is 1.84. The van der Waals surface area contributed by atoms with Crippen LogP contribution in [0.3, 0.4) is 0 Å². The van der Waals surface area contributed by atoms with Crippen molar-refractivity contribution in [3.8, 4) is 0 Å². The van der Waals surface area contributed by atoms with Crippen molar-refractivity contribution >= 4 is 11.8 Å². The lowest BCUT2D eigenvalue weighted by Crippen LogP contribution is -2.53. The van der Waals surface area contributed by atoms with Gasteiger partial charge in [0.05, 0.1) is 0 Å². The molecule has 4 nitrogen and oxygen atoms in total. The summed E-state index contributed by atoms with van der Waals surface area (Å²) in [4.78, 5) is 25.6. The van der Waals surface area contributed by atoms with Crippen LogP contribution in [0.5, 0.6) is 0 Å². The van der Waals surface area contributed by atoms with Crippen molar-refractivity contribution in [2.75, 3.05) is 26.2 Å². The van der Waals surface area contributed by atoms with Crippen LogP contribution in [-0.4, -0.2) is 54.0 Å². The molecule has 0 bridgehead atoms. The third-order valence-corrected chi connectivity index (χ3v) is 3.47. The number of halogens is 3. The minimum absolute atomic E-state index is 0.101. The van der Waals surface area contributed by atoms with Crippen LogP contribution in [0.2, 0.25) is 0 Å². The van der Waals surface area contributed by atoms with Gasteiger partial charge in [0.2, 0.25) is 0 Å². The third kappa shape index (κ3) is 3.34. The van der Waals surface area contributed by atoms with Crippen LogP contribution in [0, 0.1) is 6.92 Å². The molecule has 1 fully saturated rings. The zero-order valence-electron chi connectivity index (χ0n) is 11.5. The predicted molar refractivity (Wildman–Crippen MR) is 69.7 cm³/mol. The molecular formula is C14H15F3N2O2. The Balaban J connectivity index is 2.00. The minimum Gasteiger partial charge on any atom is -0.335 e. The average molecular weight is 300 g/mol. The first-order valence-electron chi connectivity index (χ1n) is 6.51. The van der Waals surface area contributed by atoms with E-state index >= 15 is 0 Å². The summed E-state index contributed by atoms with van der Waals surface area (Å²) in [5.74, 6) is -2.06. The van der Waals surface area contributed by atoms with Gasteiger partial charge in [0.25, 0.3) is 5.91 Å². The molecule has 1 heterocycles. The Morgan fingerprint density at radius 3 is 2.05 bits per heavy atom. The van der Waals surface area contributed by atoms with Crippen LogP contribution in [-0.2, 0) is 4.79 Å². The highest BCUT2D eigenvalue weighted by Crippen LogP contribution is 2.20. The lowest BCUT2D eigenvalue weighted by molar-refractivity contribution is -0.186. The van der Waals surface area contributed by atoms with E-state index in [0.29, 0.717) is 5.56 Å². The SMILES string of the molecule is Cc1ccccc1C(=O)N1CCN(C(=O)C(F)(F)F)CC1. The minimum atomic E-state index is -4.86. The highest BCUT2D eigenvalue weighted by atomic mass is 19.4. The summed E-state index contributed by atoms with van der Waals surface area (Å²) < 4.78 is 37.0. The van der Waals surface area contributed by atoms with Crippen LogP contribution in [0.15, 0.2) is 24.3 Å². The first kappa shape index (κ1) is 15.3. The largest absolute Gasteiger partial charge is 0.471 e. The molecule has 114 valence electrons. The molecule has 1 aliphatic rings. The Morgan fingerprint density at radius 2 is 1.52 bits per heavy atom. The van der Waals surface area contributed by atoms with Gasteiger partial charge in [-0.2, -0.15) is 13.2 Å². The molecule has 1 aromatic carbocycles. The number of piperazine rings is 1. The number of rotatable bonds is 1. The number of benzene rings is 1. The number of amides is 2. The fourth-order valence-electron chi connectivity index (χ4n) is 2.28. The Labute approximate surface area is 120 Å². The summed E-state index contributed by atoms with van der Waals surface area (Å²) in [6.45, 7) is 1.81. The second kappa shape index (κ2) is 5.75. The number of carbonyl (C=O) groups excluding carboxylic acids is 2. The molecule has 1 aromatic rings. The molecule has 0 aromatic heterocycles. The van der Waals surface area contributed by atoms with Gasteiger partial charge in [0.1, 0.15) is 0 Å². The number of hydrogen-bond donors (Lipinski definition) is 0. The molecule has 7 heteroatoms. The topological polar surface area (TPSA) is 40.6 Å². The first-order chi connectivity index (χ1) is 9.80. The van der Waals surface area contributed by atoms with Crippen LogP contribution >= 0.6 is 0 Å². The van der Waals surface area contributed by atoms with E-state index in [2.05, 4.69) is 0 Å². The van der Waals surface area contributed by atoms with Crippen molar-refractivity contribution < 1.29 is 22.8 Å². The van der Waals surface area contributed by atoms with E-state index in [1.54, 1.807) is 25.1 Å². The van der Waals surface area contributed by atoms with Crippen molar-refractivity contribution in [1.82, 2.24) is 9.80 Å². The molecule has 0 aliphatic carbocycles. The summed E-state index contributed by atoms with van der Waals surface area (Å²) in [6.07, 6.45) is -4.86. The summed E-state index contributed by atoms with van der Waals surface area (Å²) in [6, 6.07) is 7.04. The second-order valence-electron chi connectivity index (χ2n) is 4.90. The molecule has 0 atom stereocenters. The lowest BCUT2D eigenvalue weighted by Gasteiger charge is -2.35. The molecule has 1 aliphatic heterocycles. The van der Waals surface area contributed by atoms with Crippen LogP contribution < -0.4 is 0 Å². The first-order valence-corrected chi connectivity index (χ1v) is 6.51. The normalized spacial score (nSPS) is 16.0. The Bertz CT molecular complexity index is 549. The van der Waals surface area contributed by atoms with Crippen molar-refractivity contribution in [2.45, 2.75) is 13.1 Å². The third-order valence-electron chi connectivity index (χ3n) is 3.47. The number of aryl methyl sites for hydroxylation is 1. The van der Waals surface area contributed by atoms with Gasteiger partial charge in [0, 0.05) is 31.7 Å². The number of carbonyl (C=O) groups is 2. The molecule has 2 rings (SSSR count).